The number of guanidine groups is 1. The summed E-state index contributed by atoms with van der Waals surface area (Å²) in [6.07, 6.45) is 2.23. The van der Waals surface area contributed by atoms with Crippen molar-refractivity contribution in [3.8, 4) is 5.75 Å². The van der Waals surface area contributed by atoms with E-state index in [9.17, 15) is 13.2 Å². The van der Waals surface area contributed by atoms with Crippen molar-refractivity contribution in [2.24, 2.45) is 4.99 Å². The molecule has 0 unspecified atom stereocenters. The highest BCUT2D eigenvalue weighted by Gasteiger charge is 2.14. The number of hydrogen-bond acceptors (Lipinski definition) is 3. The molecule has 1 aromatic heterocycles. The number of benzene rings is 1. The first kappa shape index (κ1) is 21.1. The van der Waals surface area contributed by atoms with E-state index in [1.807, 2.05) is 6.07 Å². The first-order valence-electron chi connectivity index (χ1n) is 7.29. The van der Waals surface area contributed by atoms with Gasteiger partial charge in [0.25, 0.3) is 0 Å². The Morgan fingerprint density at radius 1 is 1.24 bits per heavy atom. The third-order valence-corrected chi connectivity index (χ3v) is 3.19. The van der Waals surface area contributed by atoms with Crippen LogP contribution < -0.4 is 15.4 Å². The molecule has 138 valence electrons. The quantitative estimate of drug-likeness (QED) is 0.370. The van der Waals surface area contributed by atoms with Gasteiger partial charge in [-0.1, -0.05) is 6.07 Å². The molecule has 0 saturated carbocycles. The van der Waals surface area contributed by atoms with E-state index in [0.29, 0.717) is 18.9 Å². The van der Waals surface area contributed by atoms with Gasteiger partial charge in [0.05, 0.1) is 6.26 Å². The summed E-state index contributed by atoms with van der Waals surface area (Å²) in [6.45, 7) is -2.52. The van der Waals surface area contributed by atoms with Crippen molar-refractivity contribution in [1.82, 2.24) is 10.6 Å². The molecule has 1 aromatic carbocycles. The zero-order valence-electron chi connectivity index (χ0n) is 13.5. The van der Waals surface area contributed by atoms with Crippen LogP contribution in [0.2, 0.25) is 0 Å². The predicted octanol–water partition coefficient (Wildman–Crippen LogP) is 3.55. The Hall–Kier alpha value is -1.91. The highest BCUT2D eigenvalue weighted by atomic mass is 127. The largest absolute Gasteiger partial charge is 0.469 e. The number of halogens is 4. The molecule has 2 aromatic rings. The molecule has 2 rings (SSSR count). The van der Waals surface area contributed by atoms with Crippen molar-refractivity contribution in [2.75, 3.05) is 13.6 Å². The van der Waals surface area contributed by atoms with Gasteiger partial charge in [0, 0.05) is 32.1 Å². The van der Waals surface area contributed by atoms with E-state index in [1.54, 1.807) is 19.4 Å². The Morgan fingerprint density at radius 3 is 2.68 bits per heavy atom. The minimum absolute atomic E-state index is 0. The van der Waals surface area contributed by atoms with Crippen molar-refractivity contribution in [3.05, 3.63) is 53.7 Å². The van der Waals surface area contributed by atoms with Crippen LogP contribution in [0, 0.1) is 5.82 Å². The van der Waals surface area contributed by atoms with Crippen LogP contribution in [-0.2, 0) is 13.0 Å². The van der Waals surface area contributed by atoms with Crippen LogP contribution in [0.15, 0.2) is 46.0 Å². The molecule has 1 heterocycles. The lowest BCUT2D eigenvalue weighted by atomic mass is 10.2. The smallest absolute Gasteiger partial charge is 0.387 e. The van der Waals surface area contributed by atoms with Gasteiger partial charge in [-0.05, 0) is 24.3 Å². The Bertz CT molecular complexity index is 667. The van der Waals surface area contributed by atoms with Gasteiger partial charge in [-0.3, -0.25) is 4.99 Å². The third kappa shape index (κ3) is 6.85. The van der Waals surface area contributed by atoms with E-state index in [4.69, 9.17) is 4.42 Å². The normalized spacial score (nSPS) is 11.2. The fourth-order valence-electron chi connectivity index (χ4n) is 2.07. The summed E-state index contributed by atoms with van der Waals surface area (Å²) in [5.74, 6) is 0.391. The zero-order valence-corrected chi connectivity index (χ0v) is 15.8. The summed E-state index contributed by atoms with van der Waals surface area (Å²) in [7, 11) is 1.56. The maximum atomic E-state index is 13.9. The fraction of sp³-hybridized carbons (Fsp3) is 0.312. The second-order valence-electron chi connectivity index (χ2n) is 4.78. The van der Waals surface area contributed by atoms with E-state index >= 15 is 0 Å². The van der Waals surface area contributed by atoms with Crippen molar-refractivity contribution in [3.63, 3.8) is 0 Å². The molecule has 5 nitrogen and oxygen atoms in total. The van der Waals surface area contributed by atoms with Crippen molar-refractivity contribution < 1.29 is 22.3 Å². The zero-order chi connectivity index (χ0) is 17.4. The minimum Gasteiger partial charge on any atom is -0.469 e. The van der Waals surface area contributed by atoms with Gasteiger partial charge >= 0.3 is 6.61 Å². The highest BCUT2D eigenvalue weighted by Crippen LogP contribution is 2.23. The summed E-state index contributed by atoms with van der Waals surface area (Å²) >= 11 is 0. The molecule has 9 heteroatoms. The van der Waals surface area contributed by atoms with Crippen LogP contribution in [0.3, 0.4) is 0 Å². The molecule has 25 heavy (non-hydrogen) atoms. The molecular formula is C16H19F3IN3O2. The lowest BCUT2D eigenvalue weighted by molar-refractivity contribution is -0.0506. The van der Waals surface area contributed by atoms with E-state index in [-0.39, 0.29) is 41.8 Å². The summed E-state index contributed by atoms with van der Waals surface area (Å²) in [5, 5.41) is 5.89. The van der Waals surface area contributed by atoms with Gasteiger partial charge in [0.2, 0.25) is 0 Å². The number of nitrogens with zero attached hydrogens (tertiary/aromatic N) is 1. The van der Waals surface area contributed by atoms with Crippen LogP contribution in [0.5, 0.6) is 5.75 Å². The number of rotatable bonds is 7. The number of hydrogen-bond donors (Lipinski definition) is 2. The first-order chi connectivity index (χ1) is 11.6. The van der Waals surface area contributed by atoms with Crippen LogP contribution in [-0.4, -0.2) is 26.2 Å². The van der Waals surface area contributed by atoms with Crippen molar-refractivity contribution >= 4 is 29.9 Å². The minimum atomic E-state index is -3.02. The molecule has 0 amide bonds. The molecule has 0 aliphatic rings. The van der Waals surface area contributed by atoms with E-state index < -0.39 is 12.4 Å². The third-order valence-electron chi connectivity index (χ3n) is 3.19. The second kappa shape index (κ2) is 10.9. The van der Waals surface area contributed by atoms with E-state index in [0.717, 1.165) is 5.76 Å². The monoisotopic (exact) mass is 469 g/mol. The van der Waals surface area contributed by atoms with Crippen molar-refractivity contribution in [1.29, 1.82) is 0 Å². The van der Waals surface area contributed by atoms with Gasteiger partial charge in [-0.2, -0.15) is 8.78 Å². The summed E-state index contributed by atoms with van der Waals surface area (Å²) in [5.41, 5.74) is 0.00628. The molecule has 0 fully saturated rings. The summed E-state index contributed by atoms with van der Waals surface area (Å²) < 4.78 is 48.2. The Kier molecular flexibility index (Phi) is 9.17. The SMILES string of the molecule is CN=C(NCCc1ccco1)NCc1c(F)cccc1OC(F)F.I. The van der Waals surface area contributed by atoms with Crippen LogP contribution in [0.25, 0.3) is 0 Å². The number of furan rings is 1. The van der Waals surface area contributed by atoms with E-state index in [2.05, 4.69) is 20.4 Å². The Labute approximate surface area is 160 Å². The molecule has 0 radical (unpaired) electrons. The molecule has 0 saturated heterocycles. The van der Waals surface area contributed by atoms with Crippen LogP contribution in [0.1, 0.15) is 11.3 Å². The van der Waals surface area contributed by atoms with Crippen molar-refractivity contribution in [2.45, 2.75) is 19.6 Å². The molecule has 2 N–H and O–H groups in total. The second-order valence-corrected chi connectivity index (χ2v) is 4.78. The lowest BCUT2D eigenvalue weighted by Crippen LogP contribution is -2.38. The van der Waals surface area contributed by atoms with E-state index in [1.165, 1.54) is 18.2 Å². The molecule has 0 bridgehead atoms. The van der Waals surface area contributed by atoms with Gasteiger partial charge in [0.15, 0.2) is 5.96 Å². The number of nitrogens with one attached hydrogen (secondary N) is 2. The van der Waals surface area contributed by atoms with Gasteiger partial charge in [-0.25, -0.2) is 4.39 Å². The summed E-state index contributed by atoms with van der Waals surface area (Å²) in [4.78, 5) is 3.99. The average Bonchev–Trinajstić information content (AvgIpc) is 3.05. The Balaban J connectivity index is 0.00000312. The lowest BCUT2D eigenvalue weighted by Gasteiger charge is -2.15. The molecule has 0 atom stereocenters. The molecular weight excluding hydrogens is 450 g/mol. The Morgan fingerprint density at radius 2 is 2.04 bits per heavy atom. The summed E-state index contributed by atoms with van der Waals surface area (Å²) in [6, 6.07) is 7.44. The molecule has 0 aliphatic carbocycles. The first-order valence-corrected chi connectivity index (χ1v) is 7.29. The molecule has 0 spiro atoms. The number of alkyl halides is 2. The fourth-order valence-corrected chi connectivity index (χ4v) is 2.07. The predicted molar refractivity (Wildman–Crippen MR) is 99.1 cm³/mol. The van der Waals surface area contributed by atoms with Crippen LogP contribution in [0.4, 0.5) is 13.2 Å². The topological polar surface area (TPSA) is 58.8 Å². The van der Waals surface area contributed by atoms with Gasteiger partial charge in [0.1, 0.15) is 17.3 Å². The van der Waals surface area contributed by atoms with Gasteiger partial charge in [-0.15, -0.1) is 24.0 Å². The number of ether oxygens (including phenoxy) is 1. The van der Waals surface area contributed by atoms with Crippen LogP contribution >= 0.6 is 24.0 Å². The molecule has 0 aliphatic heterocycles. The average molecular weight is 469 g/mol. The van der Waals surface area contributed by atoms with Gasteiger partial charge < -0.3 is 19.8 Å². The number of aliphatic imine (C=N–C) groups is 1. The highest BCUT2D eigenvalue weighted by molar-refractivity contribution is 14.0. The standard InChI is InChI=1S/C16H18F3N3O2.HI/c1-20-16(21-8-7-11-4-3-9-23-11)22-10-12-13(17)5-2-6-14(12)24-15(18)19;/h2-6,9,15H,7-8,10H2,1H3,(H2,20,21,22);1H. The maximum Gasteiger partial charge on any atom is 0.387 e. The maximum absolute atomic E-state index is 13.9.